The van der Waals surface area contributed by atoms with E-state index in [0.29, 0.717) is 24.2 Å². The number of ether oxygens (including phenoxy) is 2. The van der Waals surface area contributed by atoms with E-state index in [0.717, 1.165) is 31.6 Å². The van der Waals surface area contributed by atoms with Crippen LogP contribution in [0.3, 0.4) is 0 Å². The van der Waals surface area contributed by atoms with Crippen LogP contribution in [0.25, 0.3) is 0 Å². The normalized spacial score (nSPS) is 16.8. The Hall–Kier alpha value is -1.40. The van der Waals surface area contributed by atoms with Gasteiger partial charge < -0.3 is 14.9 Å². The quantitative estimate of drug-likeness (QED) is 0.598. The van der Waals surface area contributed by atoms with Crippen molar-refractivity contribution >= 4 is 5.82 Å². The second-order valence-electron chi connectivity index (χ2n) is 4.16. The van der Waals surface area contributed by atoms with Crippen molar-refractivity contribution in [1.29, 1.82) is 0 Å². The fraction of sp³-hybridized carbons (Fsp3) is 0.636. The molecule has 94 valence electrons. The van der Waals surface area contributed by atoms with Crippen LogP contribution in [-0.2, 0) is 4.74 Å². The molecule has 2 rings (SSSR count). The first-order chi connectivity index (χ1) is 8.31. The molecule has 0 amide bonds. The number of hydrogen-bond acceptors (Lipinski definition) is 6. The van der Waals surface area contributed by atoms with Gasteiger partial charge in [0.2, 0.25) is 5.88 Å². The van der Waals surface area contributed by atoms with Crippen molar-refractivity contribution < 1.29 is 9.47 Å². The maximum Gasteiger partial charge on any atom is 0.221 e. The average Bonchev–Trinajstić information content (AvgIpc) is 2.39. The van der Waals surface area contributed by atoms with Gasteiger partial charge in [-0.1, -0.05) is 0 Å². The van der Waals surface area contributed by atoms with Crippen molar-refractivity contribution in [3.8, 4) is 5.88 Å². The molecule has 0 aromatic carbocycles. The molecule has 1 aliphatic heterocycles. The maximum absolute atomic E-state index is 5.72. The summed E-state index contributed by atoms with van der Waals surface area (Å²) in [6.45, 7) is 4.21. The number of nitrogens with one attached hydrogen (secondary N) is 1. The van der Waals surface area contributed by atoms with E-state index in [9.17, 15) is 0 Å². The third-order valence-electron chi connectivity index (χ3n) is 2.97. The molecular formula is C11H18N4O2. The van der Waals surface area contributed by atoms with E-state index in [1.807, 2.05) is 6.92 Å². The van der Waals surface area contributed by atoms with Crippen molar-refractivity contribution in [1.82, 2.24) is 9.97 Å². The van der Waals surface area contributed by atoms with Crippen molar-refractivity contribution in [3.63, 3.8) is 0 Å². The molecule has 0 aliphatic carbocycles. The summed E-state index contributed by atoms with van der Waals surface area (Å²) in [5, 5.41) is 0. The predicted molar refractivity (Wildman–Crippen MR) is 63.6 cm³/mol. The smallest absolute Gasteiger partial charge is 0.221 e. The topological polar surface area (TPSA) is 82.3 Å². The van der Waals surface area contributed by atoms with Crippen LogP contribution in [0.4, 0.5) is 5.82 Å². The fourth-order valence-electron chi connectivity index (χ4n) is 1.83. The first kappa shape index (κ1) is 12.1. The number of hydrazine groups is 1. The SMILES string of the molecule is Cc1c(NN)ncnc1OCC1CCOCC1. The van der Waals surface area contributed by atoms with Gasteiger partial charge in [0.1, 0.15) is 12.1 Å². The summed E-state index contributed by atoms with van der Waals surface area (Å²) in [4.78, 5) is 8.12. The Kier molecular flexibility index (Phi) is 4.11. The largest absolute Gasteiger partial charge is 0.477 e. The third-order valence-corrected chi connectivity index (χ3v) is 2.97. The van der Waals surface area contributed by atoms with Crippen LogP contribution in [0.2, 0.25) is 0 Å². The van der Waals surface area contributed by atoms with Gasteiger partial charge in [-0.25, -0.2) is 15.8 Å². The Labute approximate surface area is 101 Å². The Morgan fingerprint density at radius 3 is 2.94 bits per heavy atom. The molecule has 1 aliphatic rings. The summed E-state index contributed by atoms with van der Waals surface area (Å²) >= 11 is 0. The van der Waals surface area contributed by atoms with Crippen molar-refractivity contribution in [2.45, 2.75) is 19.8 Å². The molecular weight excluding hydrogens is 220 g/mol. The van der Waals surface area contributed by atoms with E-state index in [1.165, 1.54) is 6.33 Å². The predicted octanol–water partition coefficient (Wildman–Crippen LogP) is 0.876. The van der Waals surface area contributed by atoms with E-state index < -0.39 is 0 Å². The molecule has 6 heteroatoms. The lowest BCUT2D eigenvalue weighted by Gasteiger charge is -2.22. The van der Waals surface area contributed by atoms with Crippen LogP contribution in [0.1, 0.15) is 18.4 Å². The summed E-state index contributed by atoms with van der Waals surface area (Å²) in [6, 6.07) is 0. The van der Waals surface area contributed by atoms with Gasteiger partial charge >= 0.3 is 0 Å². The minimum absolute atomic E-state index is 0.549. The second kappa shape index (κ2) is 5.79. The number of hydrogen-bond donors (Lipinski definition) is 2. The molecule has 6 nitrogen and oxygen atoms in total. The Bertz CT molecular complexity index is 366. The maximum atomic E-state index is 5.72. The number of aromatic nitrogens is 2. The first-order valence-electron chi connectivity index (χ1n) is 5.80. The zero-order chi connectivity index (χ0) is 12.1. The zero-order valence-corrected chi connectivity index (χ0v) is 9.98. The molecule has 17 heavy (non-hydrogen) atoms. The van der Waals surface area contributed by atoms with Crippen LogP contribution >= 0.6 is 0 Å². The molecule has 1 aromatic rings. The van der Waals surface area contributed by atoms with Crippen LogP contribution in [-0.4, -0.2) is 29.8 Å². The lowest BCUT2D eigenvalue weighted by molar-refractivity contribution is 0.0489. The van der Waals surface area contributed by atoms with Gasteiger partial charge in [0.25, 0.3) is 0 Å². The molecule has 1 aromatic heterocycles. The Morgan fingerprint density at radius 2 is 2.24 bits per heavy atom. The van der Waals surface area contributed by atoms with Gasteiger partial charge in [-0.05, 0) is 25.7 Å². The molecule has 2 heterocycles. The number of nitrogens with zero attached hydrogens (tertiary/aromatic N) is 2. The highest BCUT2D eigenvalue weighted by Crippen LogP contribution is 2.21. The van der Waals surface area contributed by atoms with Crippen molar-refractivity contribution in [2.24, 2.45) is 11.8 Å². The van der Waals surface area contributed by atoms with E-state index >= 15 is 0 Å². The number of nitrogen functional groups attached to an aromatic ring is 1. The van der Waals surface area contributed by atoms with Gasteiger partial charge in [0.15, 0.2) is 0 Å². The molecule has 0 spiro atoms. The van der Waals surface area contributed by atoms with Gasteiger partial charge in [0, 0.05) is 13.2 Å². The zero-order valence-electron chi connectivity index (χ0n) is 9.98. The first-order valence-corrected chi connectivity index (χ1v) is 5.80. The number of anilines is 1. The van der Waals surface area contributed by atoms with Crippen LogP contribution in [0, 0.1) is 12.8 Å². The molecule has 0 bridgehead atoms. The minimum Gasteiger partial charge on any atom is -0.477 e. The van der Waals surface area contributed by atoms with E-state index in [1.54, 1.807) is 0 Å². The lowest BCUT2D eigenvalue weighted by atomic mass is 10.0. The summed E-state index contributed by atoms with van der Waals surface area (Å²) in [6.07, 6.45) is 3.54. The third kappa shape index (κ3) is 3.04. The van der Waals surface area contributed by atoms with Crippen LogP contribution in [0.15, 0.2) is 6.33 Å². The van der Waals surface area contributed by atoms with E-state index in [2.05, 4.69) is 15.4 Å². The fourth-order valence-corrected chi connectivity index (χ4v) is 1.83. The Morgan fingerprint density at radius 1 is 1.47 bits per heavy atom. The highest BCUT2D eigenvalue weighted by Gasteiger charge is 2.15. The van der Waals surface area contributed by atoms with Crippen molar-refractivity contribution in [2.75, 3.05) is 25.2 Å². The van der Waals surface area contributed by atoms with Gasteiger partial charge in [0.05, 0.1) is 12.2 Å². The highest BCUT2D eigenvalue weighted by molar-refractivity contribution is 5.46. The van der Waals surface area contributed by atoms with Crippen molar-refractivity contribution in [3.05, 3.63) is 11.9 Å². The minimum atomic E-state index is 0.549. The molecule has 0 radical (unpaired) electrons. The molecule has 0 saturated carbocycles. The van der Waals surface area contributed by atoms with Gasteiger partial charge in [-0.2, -0.15) is 0 Å². The van der Waals surface area contributed by atoms with E-state index in [4.69, 9.17) is 15.3 Å². The summed E-state index contributed by atoms with van der Waals surface area (Å²) in [5.41, 5.74) is 3.36. The van der Waals surface area contributed by atoms with Crippen LogP contribution in [0.5, 0.6) is 5.88 Å². The second-order valence-corrected chi connectivity index (χ2v) is 4.16. The molecule has 0 atom stereocenters. The van der Waals surface area contributed by atoms with Gasteiger partial charge in [-0.15, -0.1) is 0 Å². The van der Waals surface area contributed by atoms with E-state index in [-0.39, 0.29) is 0 Å². The number of nitrogens with two attached hydrogens (primary N) is 1. The molecule has 3 N–H and O–H groups in total. The van der Waals surface area contributed by atoms with Gasteiger partial charge in [-0.3, -0.25) is 0 Å². The standard InChI is InChI=1S/C11H18N4O2/c1-8-10(15-12)13-7-14-11(8)17-6-9-2-4-16-5-3-9/h7,9H,2-6,12H2,1H3,(H,13,14,15). The summed E-state index contributed by atoms with van der Waals surface area (Å²) < 4.78 is 11.0. The van der Waals surface area contributed by atoms with Crippen LogP contribution < -0.4 is 16.0 Å². The molecule has 1 saturated heterocycles. The molecule has 0 unspecified atom stereocenters. The number of rotatable bonds is 4. The summed E-state index contributed by atoms with van der Waals surface area (Å²) in [5.74, 6) is 7.09. The Balaban J connectivity index is 1.93. The molecule has 1 fully saturated rings. The monoisotopic (exact) mass is 238 g/mol. The summed E-state index contributed by atoms with van der Waals surface area (Å²) in [7, 11) is 0. The average molecular weight is 238 g/mol. The lowest BCUT2D eigenvalue weighted by Crippen LogP contribution is -2.22. The highest BCUT2D eigenvalue weighted by atomic mass is 16.5.